The van der Waals surface area contributed by atoms with Gasteiger partial charge in [0.05, 0.1) is 19.3 Å². The normalized spacial score (nSPS) is 15.5. The Morgan fingerprint density at radius 3 is 2.26 bits per heavy atom. The Kier molecular flexibility index (Phi) is 7.68. The summed E-state index contributed by atoms with van der Waals surface area (Å²) in [4.78, 5) is 27.6. The third-order valence-electron chi connectivity index (χ3n) is 6.46. The van der Waals surface area contributed by atoms with Crippen LogP contribution in [0.25, 0.3) is 0 Å². The fraction of sp³-hybridized carbons (Fsp3) is 0.357. The van der Waals surface area contributed by atoms with Crippen molar-refractivity contribution in [1.82, 2.24) is 9.47 Å². The zero-order valence-electron chi connectivity index (χ0n) is 20.3. The number of hydrogen-bond donors (Lipinski definition) is 1. The first kappa shape index (κ1) is 24.7. The molecular formula is C28H32N2O5. The summed E-state index contributed by atoms with van der Waals surface area (Å²) in [5.74, 6) is 1.10. The van der Waals surface area contributed by atoms with Crippen LogP contribution in [0, 0.1) is 0 Å². The lowest BCUT2D eigenvalue weighted by Gasteiger charge is -2.35. The molecule has 35 heavy (non-hydrogen) atoms. The molecule has 1 saturated heterocycles. The largest absolute Gasteiger partial charge is 0.497 e. The monoisotopic (exact) mass is 476 g/mol. The SMILES string of the molecule is COc1ccc(COc2ccn(CC(=O)c3ccc(CN4CCC(C)(O)CC4)cc3)c(=O)c2)cc1. The Morgan fingerprint density at radius 1 is 0.971 bits per heavy atom. The summed E-state index contributed by atoms with van der Waals surface area (Å²) in [6, 6.07) is 18.2. The Balaban J connectivity index is 1.30. The third-order valence-corrected chi connectivity index (χ3v) is 6.46. The Morgan fingerprint density at radius 2 is 1.63 bits per heavy atom. The van der Waals surface area contributed by atoms with Crippen LogP contribution < -0.4 is 15.0 Å². The van der Waals surface area contributed by atoms with Gasteiger partial charge in [-0.05, 0) is 49.1 Å². The van der Waals surface area contributed by atoms with E-state index in [1.54, 1.807) is 19.4 Å². The number of carbonyl (C=O) groups excluding carboxylic acids is 1. The van der Waals surface area contributed by atoms with Crippen molar-refractivity contribution in [2.24, 2.45) is 0 Å². The van der Waals surface area contributed by atoms with Gasteiger partial charge in [0.2, 0.25) is 0 Å². The van der Waals surface area contributed by atoms with E-state index in [0.29, 0.717) is 17.9 Å². The second kappa shape index (κ2) is 10.9. The van der Waals surface area contributed by atoms with Crippen LogP contribution in [0.4, 0.5) is 0 Å². The van der Waals surface area contributed by atoms with Crippen molar-refractivity contribution in [3.05, 3.63) is 93.9 Å². The van der Waals surface area contributed by atoms with Gasteiger partial charge in [-0.3, -0.25) is 14.5 Å². The van der Waals surface area contributed by atoms with E-state index in [2.05, 4.69) is 4.90 Å². The summed E-state index contributed by atoms with van der Waals surface area (Å²) in [6.07, 6.45) is 3.12. The zero-order chi connectivity index (χ0) is 24.8. The second-order valence-corrected chi connectivity index (χ2v) is 9.36. The highest BCUT2D eigenvalue weighted by Gasteiger charge is 2.27. The molecule has 0 unspecified atom stereocenters. The van der Waals surface area contributed by atoms with Gasteiger partial charge in [0.1, 0.15) is 18.1 Å². The maximum absolute atomic E-state index is 12.7. The van der Waals surface area contributed by atoms with Crippen LogP contribution in [-0.4, -0.2) is 46.2 Å². The Hall–Kier alpha value is -3.42. The first-order valence-corrected chi connectivity index (χ1v) is 11.8. The van der Waals surface area contributed by atoms with Crippen molar-refractivity contribution in [3.8, 4) is 11.5 Å². The molecule has 2 aromatic carbocycles. The molecule has 0 spiro atoms. The van der Waals surface area contributed by atoms with E-state index in [4.69, 9.17) is 9.47 Å². The number of Topliss-reactive ketones (excluding diaryl/α,β-unsaturated/α-hetero) is 1. The van der Waals surface area contributed by atoms with Crippen molar-refractivity contribution < 1.29 is 19.4 Å². The minimum Gasteiger partial charge on any atom is -0.497 e. The zero-order valence-corrected chi connectivity index (χ0v) is 20.3. The molecule has 2 heterocycles. The van der Waals surface area contributed by atoms with Crippen molar-refractivity contribution in [3.63, 3.8) is 0 Å². The van der Waals surface area contributed by atoms with E-state index >= 15 is 0 Å². The molecule has 0 saturated carbocycles. The Labute approximate surface area is 205 Å². The van der Waals surface area contributed by atoms with Crippen LogP contribution in [0.1, 0.15) is 41.3 Å². The number of benzene rings is 2. The minimum atomic E-state index is -0.564. The van der Waals surface area contributed by atoms with Crippen molar-refractivity contribution in [2.45, 2.75) is 45.1 Å². The lowest BCUT2D eigenvalue weighted by Crippen LogP contribution is -2.41. The summed E-state index contributed by atoms with van der Waals surface area (Å²) in [6.45, 7) is 4.70. The van der Waals surface area contributed by atoms with Gasteiger partial charge in [-0.2, -0.15) is 0 Å². The summed E-state index contributed by atoms with van der Waals surface area (Å²) >= 11 is 0. The van der Waals surface area contributed by atoms with Gasteiger partial charge in [0.25, 0.3) is 5.56 Å². The van der Waals surface area contributed by atoms with E-state index in [1.807, 2.05) is 55.5 Å². The number of methoxy groups -OCH3 is 1. The molecule has 3 aromatic rings. The fourth-order valence-corrected chi connectivity index (χ4v) is 4.09. The molecule has 0 aliphatic carbocycles. The average Bonchev–Trinajstić information content (AvgIpc) is 2.86. The predicted molar refractivity (Wildman–Crippen MR) is 134 cm³/mol. The summed E-state index contributed by atoms with van der Waals surface area (Å²) in [5.41, 5.74) is 1.80. The fourth-order valence-electron chi connectivity index (χ4n) is 4.09. The van der Waals surface area contributed by atoms with Gasteiger partial charge in [0.15, 0.2) is 5.78 Å². The summed E-state index contributed by atoms with van der Waals surface area (Å²) < 4.78 is 12.3. The molecule has 0 atom stereocenters. The van der Waals surface area contributed by atoms with Crippen LogP contribution in [0.5, 0.6) is 11.5 Å². The van der Waals surface area contributed by atoms with Crippen LogP contribution in [-0.2, 0) is 19.7 Å². The van der Waals surface area contributed by atoms with Crippen molar-refractivity contribution >= 4 is 5.78 Å². The average molecular weight is 477 g/mol. The Bertz CT molecular complexity index is 1190. The van der Waals surface area contributed by atoms with Gasteiger partial charge >= 0.3 is 0 Å². The number of ketones is 1. The second-order valence-electron chi connectivity index (χ2n) is 9.36. The van der Waals surface area contributed by atoms with Gasteiger partial charge in [0, 0.05) is 37.5 Å². The lowest BCUT2D eigenvalue weighted by atomic mass is 9.93. The van der Waals surface area contributed by atoms with Crippen LogP contribution >= 0.6 is 0 Å². The van der Waals surface area contributed by atoms with E-state index in [-0.39, 0.29) is 17.9 Å². The van der Waals surface area contributed by atoms with E-state index in [0.717, 1.165) is 49.4 Å². The molecule has 1 aliphatic heterocycles. The molecule has 1 aliphatic rings. The highest BCUT2D eigenvalue weighted by Crippen LogP contribution is 2.22. The minimum absolute atomic E-state index is 0.0296. The molecule has 1 aromatic heterocycles. The molecule has 1 N–H and O–H groups in total. The molecule has 4 rings (SSSR count). The molecule has 7 nitrogen and oxygen atoms in total. The van der Waals surface area contributed by atoms with Gasteiger partial charge in [-0.1, -0.05) is 36.4 Å². The van der Waals surface area contributed by atoms with Gasteiger partial charge in [-0.25, -0.2) is 0 Å². The van der Waals surface area contributed by atoms with E-state index in [1.165, 1.54) is 10.6 Å². The number of likely N-dealkylation sites (tertiary alicyclic amines) is 1. The molecular weight excluding hydrogens is 444 g/mol. The van der Waals surface area contributed by atoms with Crippen LogP contribution in [0.3, 0.4) is 0 Å². The first-order valence-electron chi connectivity index (χ1n) is 11.8. The third kappa shape index (κ3) is 6.81. The summed E-state index contributed by atoms with van der Waals surface area (Å²) in [5, 5.41) is 10.1. The molecule has 1 fully saturated rings. The molecule has 0 radical (unpaired) electrons. The number of aliphatic hydroxyl groups is 1. The smallest absolute Gasteiger partial charge is 0.254 e. The number of nitrogens with zero attached hydrogens (tertiary/aromatic N) is 2. The van der Waals surface area contributed by atoms with E-state index < -0.39 is 5.60 Å². The topological polar surface area (TPSA) is 81.0 Å². The predicted octanol–water partition coefficient (Wildman–Crippen LogP) is 3.67. The summed E-state index contributed by atoms with van der Waals surface area (Å²) in [7, 11) is 1.62. The highest BCUT2D eigenvalue weighted by molar-refractivity contribution is 5.95. The molecule has 0 bridgehead atoms. The number of aromatic nitrogens is 1. The van der Waals surface area contributed by atoms with Gasteiger partial charge < -0.3 is 19.1 Å². The number of piperidine rings is 1. The van der Waals surface area contributed by atoms with Crippen molar-refractivity contribution in [2.75, 3.05) is 20.2 Å². The lowest BCUT2D eigenvalue weighted by molar-refractivity contribution is -0.00730. The number of rotatable bonds is 9. The number of hydrogen-bond acceptors (Lipinski definition) is 6. The molecule has 0 amide bonds. The van der Waals surface area contributed by atoms with Crippen LogP contribution in [0.15, 0.2) is 71.7 Å². The first-order chi connectivity index (χ1) is 16.8. The quantitative estimate of drug-likeness (QED) is 0.475. The van der Waals surface area contributed by atoms with Crippen LogP contribution in [0.2, 0.25) is 0 Å². The van der Waals surface area contributed by atoms with E-state index in [9.17, 15) is 14.7 Å². The number of pyridine rings is 1. The van der Waals surface area contributed by atoms with Gasteiger partial charge in [-0.15, -0.1) is 0 Å². The maximum atomic E-state index is 12.7. The maximum Gasteiger partial charge on any atom is 0.254 e. The number of carbonyl (C=O) groups is 1. The molecule has 184 valence electrons. The highest BCUT2D eigenvalue weighted by atomic mass is 16.5. The number of ether oxygens (including phenoxy) is 2. The molecule has 7 heteroatoms. The van der Waals surface area contributed by atoms with Crippen molar-refractivity contribution in [1.29, 1.82) is 0 Å². The standard InChI is InChI=1S/C28H32N2O5/c1-28(33)12-15-29(16-13-28)18-21-3-7-23(8-4-21)26(31)19-30-14-11-25(17-27(30)32)35-20-22-5-9-24(34-2)10-6-22/h3-11,14,17,33H,12-13,15-16,18-20H2,1-2H3.